The minimum atomic E-state index is 0.684. The van der Waals surface area contributed by atoms with Crippen molar-refractivity contribution in [3.63, 3.8) is 0 Å². The fourth-order valence-corrected chi connectivity index (χ4v) is 3.13. The standard InChI is InChI=1S/C22H16N4/c1-15-12-16(13-23)2-7-20(15)17-3-5-18(6-4-17)21-14-25-26-22(21)19-8-10-24-11-9-19/h2-12,14H,1H3,(H,25,26). The van der Waals surface area contributed by atoms with E-state index in [1.807, 2.05) is 43.5 Å². The number of aryl methyl sites for hydroxylation is 1. The molecule has 2 heterocycles. The van der Waals surface area contributed by atoms with Gasteiger partial charge in [0.1, 0.15) is 0 Å². The summed E-state index contributed by atoms with van der Waals surface area (Å²) in [7, 11) is 0. The van der Waals surface area contributed by atoms with E-state index in [-0.39, 0.29) is 0 Å². The minimum absolute atomic E-state index is 0.684. The van der Waals surface area contributed by atoms with Crippen LogP contribution in [0.4, 0.5) is 0 Å². The Bertz CT molecular complexity index is 1090. The van der Waals surface area contributed by atoms with Crippen LogP contribution in [0.25, 0.3) is 33.5 Å². The monoisotopic (exact) mass is 336 g/mol. The molecule has 0 aliphatic heterocycles. The fourth-order valence-electron chi connectivity index (χ4n) is 3.13. The van der Waals surface area contributed by atoms with Gasteiger partial charge in [0.25, 0.3) is 0 Å². The van der Waals surface area contributed by atoms with Crippen LogP contribution in [0.15, 0.2) is 73.2 Å². The molecular weight excluding hydrogens is 320 g/mol. The molecule has 4 aromatic rings. The Kier molecular flexibility index (Phi) is 4.04. The third-order valence-electron chi connectivity index (χ3n) is 4.46. The maximum Gasteiger partial charge on any atom is 0.1000 e. The van der Waals surface area contributed by atoms with E-state index in [4.69, 9.17) is 5.26 Å². The molecule has 124 valence electrons. The molecule has 0 amide bonds. The van der Waals surface area contributed by atoms with Crippen LogP contribution >= 0.6 is 0 Å². The van der Waals surface area contributed by atoms with E-state index in [1.165, 1.54) is 0 Å². The van der Waals surface area contributed by atoms with Crippen LogP contribution in [-0.4, -0.2) is 15.2 Å². The van der Waals surface area contributed by atoms with Crippen molar-refractivity contribution >= 4 is 0 Å². The molecule has 26 heavy (non-hydrogen) atoms. The fraction of sp³-hybridized carbons (Fsp3) is 0.0455. The zero-order chi connectivity index (χ0) is 17.9. The van der Waals surface area contributed by atoms with Crippen LogP contribution in [0.1, 0.15) is 11.1 Å². The lowest BCUT2D eigenvalue weighted by Gasteiger charge is -2.08. The van der Waals surface area contributed by atoms with Crippen molar-refractivity contribution in [1.82, 2.24) is 15.2 Å². The molecule has 0 saturated carbocycles. The third kappa shape index (κ3) is 2.87. The molecule has 0 aliphatic rings. The molecule has 0 atom stereocenters. The SMILES string of the molecule is Cc1cc(C#N)ccc1-c1ccc(-c2c[nH]nc2-c2ccncc2)cc1. The first-order chi connectivity index (χ1) is 12.8. The van der Waals surface area contributed by atoms with Crippen LogP contribution in [0.3, 0.4) is 0 Å². The van der Waals surface area contributed by atoms with Crippen molar-refractivity contribution in [2.24, 2.45) is 0 Å². The summed E-state index contributed by atoms with van der Waals surface area (Å²) in [5, 5.41) is 16.4. The number of nitrogens with one attached hydrogen (secondary N) is 1. The van der Waals surface area contributed by atoms with E-state index in [1.54, 1.807) is 12.4 Å². The molecule has 2 aromatic heterocycles. The van der Waals surface area contributed by atoms with Gasteiger partial charge in [0.2, 0.25) is 0 Å². The number of rotatable bonds is 3. The molecule has 0 fully saturated rings. The van der Waals surface area contributed by atoms with Crippen molar-refractivity contribution in [3.05, 3.63) is 84.3 Å². The van der Waals surface area contributed by atoms with Gasteiger partial charge in [-0.3, -0.25) is 10.1 Å². The van der Waals surface area contributed by atoms with Gasteiger partial charge in [-0.1, -0.05) is 30.3 Å². The molecule has 1 N–H and O–H groups in total. The van der Waals surface area contributed by atoms with Gasteiger partial charge in [0, 0.05) is 29.7 Å². The second-order valence-corrected chi connectivity index (χ2v) is 6.10. The molecule has 0 unspecified atom stereocenters. The highest BCUT2D eigenvalue weighted by Crippen LogP contribution is 2.32. The van der Waals surface area contributed by atoms with E-state index in [0.717, 1.165) is 39.1 Å². The Hall–Kier alpha value is -3.71. The molecular formula is C22H16N4. The Morgan fingerprint density at radius 1 is 0.846 bits per heavy atom. The van der Waals surface area contributed by atoms with E-state index < -0.39 is 0 Å². The lowest BCUT2D eigenvalue weighted by molar-refractivity contribution is 1.09. The Morgan fingerprint density at radius 2 is 1.54 bits per heavy atom. The lowest BCUT2D eigenvalue weighted by Crippen LogP contribution is -1.86. The van der Waals surface area contributed by atoms with Gasteiger partial charge in [-0.2, -0.15) is 10.4 Å². The normalized spacial score (nSPS) is 10.5. The van der Waals surface area contributed by atoms with Crippen LogP contribution in [0.5, 0.6) is 0 Å². The molecule has 4 rings (SSSR count). The first-order valence-electron chi connectivity index (χ1n) is 8.32. The van der Waals surface area contributed by atoms with Crippen molar-refractivity contribution in [1.29, 1.82) is 5.26 Å². The Morgan fingerprint density at radius 3 is 2.19 bits per heavy atom. The van der Waals surface area contributed by atoms with Crippen LogP contribution in [-0.2, 0) is 0 Å². The Balaban J connectivity index is 1.70. The molecule has 4 heteroatoms. The second kappa shape index (κ2) is 6.66. The van der Waals surface area contributed by atoms with Gasteiger partial charge in [-0.25, -0.2) is 0 Å². The smallest absolute Gasteiger partial charge is 0.1000 e. The Labute approximate surface area is 151 Å². The molecule has 2 aromatic carbocycles. The van der Waals surface area contributed by atoms with Crippen molar-refractivity contribution in [2.45, 2.75) is 6.92 Å². The summed E-state index contributed by atoms with van der Waals surface area (Å²) in [4.78, 5) is 4.07. The van der Waals surface area contributed by atoms with E-state index in [0.29, 0.717) is 5.56 Å². The minimum Gasteiger partial charge on any atom is -0.284 e. The molecule has 0 aliphatic carbocycles. The number of hydrogen-bond donors (Lipinski definition) is 1. The van der Waals surface area contributed by atoms with Gasteiger partial charge in [0.15, 0.2) is 0 Å². The molecule has 4 nitrogen and oxygen atoms in total. The highest BCUT2D eigenvalue weighted by atomic mass is 15.1. The number of benzene rings is 2. The van der Waals surface area contributed by atoms with E-state index in [9.17, 15) is 0 Å². The lowest BCUT2D eigenvalue weighted by atomic mass is 9.96. The van der Waals surface area contributed by atoms with E-state index in [2.05, 4.69) is 45.5 Å². The highest BCUT2D eigenvalue weighted by Gasteiger charge is 2.11. The molecule has 0 spiro atoms. The number of aromatic amines is 1. The molecule has 0 bridgehead atoms. The quantitative estimate of drug-likeness (QED) is 0.573. The number of nitrogens with zero attached hydrogens (tertiary/aromatic N) is 3. The number of aromatic nitrogens is 3. The number of pyridine rings is 1. The summed E-state index contributed by atoms with van der Waals surface area (Å²) in [5.74, 6) is 0. The van der Waals surface area contributed by atoms with Crippen LogP contribution in [0, 0.1) is 18.3 Å². The summed E-state index contributed by atoms with van der Waals surface area (Å²) in [6.45, 7) is 2.03. The zero-order valence-electron chi connectivity index (χ0n) is 14.3. The first-order valence-corrected chi connectivity index (χ1v) is 8.32. The number of H-pyrrole nitrogens is 1. The summed E-state index contributed by atoms with van der Waals surface area (Å²) in [5.41, 5.74) is 8.14. The summed E-state index contributed by atoms with van der Waals surface area (Å²) in [6, 6.07) is 20.3. The van der Waals surface area contributed by atoms with Crippen molar-refractivity contribution < 1.29 is 0 Å². The van der Waals surface area contributed by atoms with E-state index >= 15 is 0 Å². The molecule has 0 saturated heterocycles. The number of hydrogen-bond acceptors (Lipinski definition) is 3. The summed E-state index contributed by atoms with van der Waals surface area (Å²) in [6.07, 6.45) is 5.45. The topological polar surface area (TPSA) is 65.4 Å². The van der Waals surface area contributed by atoms with Gasteiger partial charge < -0.3 is 0 Å². The number of nitriles is 1. The highest BCUT2D eigenvalue weighted by molar-refractivity contribution is 5.81. The molecule has 0 radical (unpaired) electrons. The van der Waals surface area contributed by atoms with Crippen molar-refractivity contribution in [2.75, 3.05) is 0 Å². The third-order valence-corrected chi connectivity index (χ3v) is 4.46. The predicted molar refractivity (Wildman–Crippen MR) is 102 cm³/mol. The second-order valence-electron chi connectivity index (χ2n) is 6.10. The summed E-state index contributed by atoms with van der Waals surface area (Å²) >= 11 is 0. The van der Waals surface area contributed by atoms with Gasteiger partial charge >= 0.3 is 0 Å². The predicted octanol–water partition coefficient (Wildman–Crippen LogP) is 4.99. The van der Waals surface area contributed by atoms with Gasteiger partial charge in [-0.15, -0.1) is 0 Å². The largest absolute Gasteiger partial charge is 0.284 e. The van der Waals surface area contributed by atoms with Gasteiger partial charge in [0.05, 0.1) is 17.3 Å². The van der Waals surface area contributed by atoms with Crippen LogP contribution < -0.4 is 0 Å². The summed E-state index contributed by atoms with van der Waals surface area (Å²) < 4.78 is 0. The van der Waals surface area contributed by atoms with Gasteiger partial charge in [-0.05, 0) is 53.4 Å². The maximum atomic E-state index is 9.02. The first kappa shape index (κ1) is 15.8. The zero-order valence-corrected chi connectivity index (χ0v) is 14.3. The maximum absolute atomic E-state index is 9.02. The average Bonchev–Trinajstić information content (AvgIpc) is 3.18. The van der Waals surface area contributed by atoms with Crippen molar-refractivity contribution in [3.8, 4) is 39.6 Å². The average molecular weight is 336 g/mol. The van der Waals surface area contributed by atoms with Crippen LogP contribution in [0.2, 0.25) is 0 Å².